The maximum atomic E-state index is 11.3. The number of sulfonamides is 1. The van der Waals surface area contributed by atoms with E-state index in [1.807, 2.05) is 0 Å². The Labute approximate surface area is 90.4 Å². The van der Waals surface area contributed by atoms with Gasteiger partial charge in [0.1, 0.15) is 0 Å². The predicted molar refractivity (Wildman–Crippen MR) is 56.9 cm³/mol. The quantitative estimate of drug-likeness (QED) is 0.562. The third-order valence-electron chi connectivity index (χ3n) is 1.74. The molecule has 1 unspecified atom stereocenters. The topological polar surface area (TPSA) is 84.5 Å². The third-order valence-corrected chi connectivity index (χ3v) is 3.21. The molecule has 0 heterocycles. The molecule has 0 rings (SSSR count). The highest BCUT2D eigenvalue weighted by Crippen LogP contribution is 1.89. The van der Waals surface area contributed by atoms with E-state index in [-0.39, 0.29) is 11.7 Å². The number of carbonyl (C=O) groups excluding carboxylic acids is 1. The Kier molecular flexibility index (Phi) is 6.46. The van der Waals surface area contributed by atoms with Crippen LogP contribution in [0, 0.1) is 0 Å². The SMILES string of the molecule is CCS(=O)(=O)NC(C)C(=O)NCCOC. The van der Waals surface area contributed by atoms with Gasteiger partial charge in [-0.2, -0.15) is 0 Å². The van der Waals surface area contributed by atoms with Crippen LogP contribution in [0.15, 0.2) is 0 Å². The van der Waals surface area contributed by atoms with Crippen LogP contribution in [0.25, 0.3) is 0 Å². The van der Waals surface area contributed by atoms with E-state index in [1.54, 1.807) is 0 Å². The molecule has 2 N–H and O–H groups in total. The van der Waals surface area contributed by atoms with E-state index in [0.29, 0.717) is 13.2 Å². The molecule has 0 aromatic rings. The molecule has 0 aromatic heterocycles. The number of hydrogen-bond donors (Lipinski definition) is 2. The molecule has 0 saturated heterocycles. The largest absolute Gasteiger partial charge is 0.383 e. The summed E-state index contributed by atoms with van der Waals surface area (Å²) in [5.74, 6) is -0.396. The molecule has 0 aliphatic rings. The first-order chi connectivity index (χ1) is 6.93. The second kappa shape index (κ2) is 6.76. The number of methoxy groups -OCH3 is 1. The molecule has 0 saturated carbocycles. The van der Waals surface area contributed by atoms with Crippen LogP contribution in [0.3, 0.4) is 0 Å². The fraction of sp³-hybridized carbons (Fsp3) is 0.875. The lowest BCUT2D eigenvalue weighted by molar-refractivity contribution is -0.122. The van der Waals surface area contributed by atoms with E-state index in [1.165, 1.54) is 21.0 Å². The number of carbonyl (C=O) groups is 1. The molecular formula is C8H18N2O4S. The zero-order valence-electron chi connectivity index (χ0n) is 9.24. The summed E-state index contributed by atoms with van der Waals surface area (Å²) >= 11 is 0. The average molecular weight is 238 g/mol. The summed E-state index contributed by atoms with van der Waals surface area (Å²) in [4.78, 5) is 11.3. The lowest BCUT2D eigenvalue weighted by atomic mass is 10.3. The molecule has 7 heteroatoms. The van der Waals surface area contributed by atoms with Gasteiger partial charge in [0, 0.05) is 13.7 Å². The predicted octanol–water partition coefficient (Wildman–Crippen LogP) is -0.923. The number of nitrogens with one attached hydrogen (secondary N) is 2. The second-order valence-corrected chi connectivity index (χ2v) is 5.07. The van der Waals surface area contributed by atoms with Gasteiger partial charge in [-0.1, -0.05) is 0 Å². The zero-order chi connectivity index (χ0) is 11.9. The van der Waals surface area contributed by atoms with Crippen LogP contribution in [-0.4, -0.2) is 46.4 Å². The van der Waals surface area contributed by atoms with E-state index >= 15 is 0 Å². The van der Waals surface area contributed by atoms with Gasteiger partial charge in [-0.25, -0.2) is 13.1 Å². The molecule has 0 radical (unpaired) electrons. The fourth-order valence-electron chi connectivity index (χ4n) is 0.836. The van der Waals surface area contributed by atoms with Crippen molar-refractivity contribution in [2.75, 3.05) is 26.0 Å². The Morgan fingerprint density at radius 2 is 2.07 bits per heavy atom. The molecule has 0 aromatic carbocycles. The lowest BCUT2D eigenvalue weighted by Gasteiger charge is -2.13. The van der Waals surface area contributed by atoms with Crippen LogP contribution in [0.1, 0.15) is 13.8 Å². The monoisotopic (exact) mass is 238 g/mol. The van der Waals surface area contributed by atoms with Crippen molar-refractivity contribution in [2.24, 2.45) is 0 Å². The van der Waals surface area contributed by atoms with Gasteiger partial charge in [0.25, 0.3) is 0 Å². The molecule has 0 spiro atoms. The summed E-state index contributed by atoms with van der Waals surface area (Å²) in [6, 6.07) is -0.758. The van der Waals surface area contributed by atoms with Gasteiger partial charge in [0.2, 0.25) is 15.9 Å². The summed E-state index contributed by atoms with van der Waals surface area (Å²) < 4.78 is 29.2. The van der Waals surface area contributed by atoms with E-state index < -0.39 is 16.1 Å². The Hall–Kier alpha value is -0.660. The van der Waals surface area contributed by atoms with Crippen LogP contribution in [-0.2, 0) is 19.6 Å². The molecule has 1 atom stereocenters. The van der Waals surface area contributed by atoms with Crippen molar-refractivity contribution in [3.63, 3.8) is 0 Å². The van der Waals surface area contributed by atoms with Crippen molar-refractivity contribution in [3.8, 4) is 0 Å². The maximum Gasteiger partial charge on any atom is 0.237 e. The van der Waals surface area contributed by atoms with Crippen LogP contribution in [0.5, 0.6) is 0 Å². The minimum atomic E-state index is -3.34. The molecule has 0 bridgehead atoms. The van der Waals surface area contributed by atoms with Crippen LogP contribution in [0.4, 0.5) is 0 Å². The van der Waals surface area contributed by atoms with Crippen LogP contribution < -0.4 is 10.0 Å². The highest BCUT2D eigenvalue weighted by Gasteiger charge is 2.17. The molecule has 0 fully saturated rings. The summed E-state index contributed by atoms with van der Waals surface area (Å²) in [7, 11) is -1.81. The van der Waals surface area contributed by atoms with Gasteiger partial charge in [0.05, 0.1) is 18.4 Å². The normalized spacial score (nSPS) is 13.5. The van der Waals surface area contributed by atoms with Crippen LogP contribution in [0.2, 0.25) is 0 Å². The van der Waals surface area contributed by atoms with Crippen molar-refractivity contribution in [3.05, 3.63) is 0 Å². The standard InChI is InChI=1S/C8H18N2O4S/c1-4-15(12,13)10-7(2)8(11)9-5-6-14-3/h7,10H,4-6H2,1-3H3,(H,9,11). The summed E-state index contributed by atoms with van der Waals surface area (Å²) in [5, 5.41) is 2.54. The molecular weight excluding hydrogens is 220 g/mol. The molecule has 15 heavy (non-hydrogen) atoms. The van der Waals surface area contributed by atoms with Crippen molar-refractivity contribution in [1.29, 1.82) is 0 Å². The molecule has 1 amide bonds. The molecule has 6 nitrogen and oxygen atoms in total. The van der Waals surface area contributed by atoms with E-state index in [0.717, 1.165) is 0 Å². The van der Waals surface area contributed by atoms with Gasteiger partial charge in [-0.05, 0) is 13.8 Å². The van der Waals surface area contributed by atoms with Gasteiger partial charge in [-0.3, -0.25) is 4.79 Å². The van der Waals surface area contributed by atoms with Crippen LogP contribution >= 0.6 is 0 Å². The summed E-state index contributed by atoms with van der Waals surface area (Å²) in [6.07, 6.45) is 0. The Morgan fingerprint density at radius 1 is 1.47 bits per heavy atom. The minimum Gasteiger partial charge on any atom is -0.383 e. The molecule has 0 aliphatic heterocycles. The Balaban J connectivity index is 4.00. The highest BCUT2D eigenvalue weighted by atomic mass is 32.2. The average Bonchev–Trinajstić information content (AvgIpc) is 2.17. The Morgan fingerprint density at radius 3 is 2.53 bits per heavy atom. The van der Waals surface area contributed by atoms with Crippen molar-refractivity contribution < 1.29 is 17.9 Å². The molecule has 90 valence electrons. The zero-order valence-corrected chi connectivity index (χ0v) is 10.1. The maximum absolute atomic E-state index is 11.3. The van der Waals surface area contributed by atoms with Crippen molar-refractivity contribution in [1.82, 2.24) is 10.0 Å². The molecule has 0 aliphatic carbocycles. The first-order valence-electron chi connectivity index (χ1n) is 4.69. The second-order valence-electron chi connectivity index (χ2n) is 3.03. The lowest BCUT2D eigenvalue weighted by Crippen LogP contribution is -2.45. The number of rotatable bonds is 7. The summed E-state index contributed by atoms with van der Waals surface area (Å²) in [6.45, 7) is 3.78. The first-order valence-corrected chi connectivity index (χ1v) is 6.34. The van der Waals surface area contributed by atoms with Gasteiger partial charge < -0.3 is 10.1 Å². The van der Waals surface area contributed by atoms with Crippen molar-refractivity contribution >= 4 is 15.9 Å². The first kappa shape index (κ1) is 14.3. The van der Waals surface area contributed by atoms with Crippen molar-refractivity contribution in [2.45, 2.75) is 19.9 Å². The number of hydrogen-bond acceptors (Lipinski definition) is 4. The van der Waals surface area contributed by atoms with E-state index in [2.05, 4.69) is 10.0 Å². The van der Waals surface area contributed by atoms with E-state index in [9.17, 15) is 13.2 Å². The van der Waals surface area contributed by atoms with Gasteiger partial charge in [-0.15, -0.1) is 0 Å². The highest BCUT2D eigenvalue weighted by molar-refractivity contribution is 7.89. The van der Waals surface area contributed by atoms with Gasteiger partial charge >= 0.3 is 0 Å². The smallest absolute Gasteiger partial charge is 0.237 e. The summed E-state index contributed by atoms with van der Waals surface area (Å²) in [5.41, 5.74) is 0. The van der Waals surface area contributed by atoms with E-state index in [4.69, 9.17) is 4.74 Å². The van der Waals surface area contributed by atoms with Gasteiger partial charge in [0.15, 0.2) is 0 Å². The minimum absolute atomic E-state index is 0.0390. The Bertz CT molecular complexity index is 289. The fourth-order valence-corrected chi connectivity index (χ4v) is 1.65. The number of ether oxygens (including phenoxy) is 1. The number of amides is 1. The third kappa shape index (κ3) is 6.43.